The third kappa shape index (κ3) is 3.41. The molecule has 1 aromatic heterocycles. The molecule has 1 fully saturated rings. The van der Waals surface area contributed by atoms with E-state index in [0.717, 1.165) is 32.1 Å². The first kappa shape index (κ1) is 13.7. The van der Waals surface area contributed by atoms with Crippen LogP contribution in [-0.2, 0) is 4.79 Å². The predicted molar refractivity (Wildman–Crippen MR) is 72.1 cm³/mol. The first-order valence-electron chi connectivity index (χ1n) is 6.47. The predicted octanol–water partition coefficient (Wildman–Crippen LogP) is 0.709. The highest BCUT2D eigenvalue weighted by atomic mass is 16.4. The van der Waals surface area contributed by atoms with Gasteiger partial charge < -0.3 is 10.0 Å². The fraction of sp³-hybridized carbons (Fsp3) is 0.615. The number of anilines is 1. The zero-order valence-corrected chi connectivity index (χ0v) is 11.4. The Balaban J connectivity index is 1.88. The van der Waals surface area contributed by atoms with Crippen molar-refractivity contribution in [3.63, 3.8) is 0 Å². The molecule has 0 unspecified atom stereocenters. The van der Waals surface area contributed by atoms with Gasteiger partial charge in [-0.2, -0.15) is 0 Å². The highest BCUT2D eigenvalue weighted by Gasteiger charge is 2.31. The van der Waals surface area contributed by atoms with E-state index in [1.165, 1.54) is 0 Å². The Morgan fingerprint density at radius 1 is 1.26 bits per heavy atom. The van der Waals surface area contributed by atoms with E-state index in [1.807, 2.05) is 0 Å². The molecule has 0 atom stereocenters. The van der Waals surface area contributed by atoms with Crippen molar-refractivity contribution in [3.05, 3.63) is 18.5 Å². The van der Waals surface area contributed by atoms with Crippen LogP contribution in [0.1, 0.15) is 13.8 Å². The molecular weight excluding hydrogens is 244 g/mol. The second kappa shape index (κ2) is 5.52. The van der Waals surface area contributed by atoms with Crippen LogP contribution in [0.4, 0.5) is 5.95 Å². The molecule has 0 spiro atoms. The zero-order chi connectivity index (χ0) is 13.9. The van der Waals surface area contributed by atoms with Crippen molar-refractivity contribution in [2.45, 2.75) is 13.8 Å². The minimum Gasteiger partial charge on any atom is -0.481 e. The van der Waals surface area contributed by atoms with Gasteiger partial charge in [0.05, 0.1) is 5.41 Å². The van der Waals surface area contributed by atoms with Gasteiger partial charge in [0.1, 0.15) is 0 Å². The van der Waals surface area contributed by atoms with E-state index in [9.17, 15) is 4.79 Å². The van der Waals surface area contributed by atoms with Crippen LogP contribution in [0, 0.1) is 5.41 Å². The topological polar surface area (TPSA) is 69.6 Å². The summed E-state index contributed by atoms with van der Waals surface area (Å²) < 4.78 is 0. The van der Waals surface area contributed by atoms with E-state index in [-0.39, 0.29) is 0 Å². The molecule has 0 aromatic carbocycles. The zero-order valence-electron chi connectivity index (χ0n) is 11.4. The first-order chi connectivity index (χ1) is 8.99. The molecule has 0 bridgehead atoms. The molecule has 1 saturated heterocycles. The van der Waals surface area contributed by atoms with E-state index >= 15 is 0 Å². The summed E-state index contributed by atoms with van der Waals surface area (Å²) in [7, 11) is 0. The number of rotatable bonds is 4. The smallest absolute Gasteiger partial charge is 0.310 e. The van der Waals surface area contributed by atoms with Gasteiger partial charge in [0.25, 0.3) is 0 Å². The van der Waals surface area contributed by atoms with Gasteiger partial charge in [0.2, 0.25) is 5.95 Å². The van der Waals surface area contributed by atoms with Crippen LogP contribution in [0.25, 0.3) is 0 Å². The number of carboxylic acids is 1. The SMILES string of the molecule is CC(C)(CN1CCN(c2ncccn2)CC1)C(=O)O. The summed E-state index contributed by atoms with van der Waals surface area (Å²) in [5.41, 5.74) is -0.703. The number of piperazine rings is 1. The highest BCUT2D eigenvalue weighted by molar-refractivity contribution is 5.73. The van der Waals surface area contributed by atoms with Crippen molar-refractivity contribution >= 4 is 11.9 Å². The number of hydrogen-bond donors (Lipinski definition) is 1. The van der Waals surface area contributed by atoms with Crippen molar-refractivity contribution in [2.75, 3.05) is 37.6 Å². The maximum atomic E-state index is 11.1. The summed E-state index contributed by atoms with van der Waals surface area (Å²) in [4.78, 5) is 23.9. The number of nitrogens with zero attached hydrogens (tertiary/aromatic N) is 4. The van der Waals surface area contributed by atoms with Crippen molar-refractivity contribution in [1.82, 2.24) is 14.9 Å². The molecule has 2 heterocycles. The molecule has 6 heteroatoms. The Labute approximate surface area is 113 Å². The van der Waals surface area contributed by atoms with Gasteiger partial charge >= 0.3 is 5.97 Å². The molecule has 0 amide bonds. The van der Waals surface area contributed by atoms with E-state index in [4.69, 9.17) is 5.11 Å². The van der Waals surface area contributed by atoms with Crippen LogP contribution in [0.15, 0.2) is 18.5 Å². The van der Waals surface area contributed by atoms with Crippen molar-refractivity contribution in [2.24, 2.45) is 5.41 Å². The minimum atomic E-state index is -0.749. The molecule has 1 aliphatic heterocycles. The average molecular weight is 264 g/mol. The number of aromatic nitrogens is 2. The van der Waals surface area contributed by atoms with E-state index in [0.29, 0.717) is 6.54 Å². The molecule has 1 N–H and O–H groups in total. The van der Waals surface area contributed by atoms with E-state index < -0.39 is 11.4 Å². The van der Waals surface area contributed by atoms with Gasteiger partial charge in [0.15, 0.2) is 0 Å². The molecule has 1 aliphatic rings. The maximum absolute atomic E-state index is 11.1. The summed E-state index contributed by atoms with van der Waals surface area (Å²) in [6.45, 7) is 7.46. The average Bonchev–Trinajstić information content (AvgIpc) is 2.40. The lowest BCUT2D eigenvalue weighted by atomic mass is 9.93. The quantitative estimate of drug-likeness (QED) is 0.863. The van der Waals surface area contributed by atoms with Crippen LogP contribution >= 0.6 is 0 Å². The Bertz CT molecular complexity index is 428. The van der Waals surface area contributed by atoms with Gasteiger partial charge in [-0.3, -0.25) is 9.69 Å². The molecule has 0 saturated carbocycles. The lowest BCUT2D eigenvalue weighted by Gasteiger charge is -2.37. The lowest BCUT2D eigenvalue weighted by molar-refractivity contribution is -0.148. The lowest BCUT2D eigenvalue weighted by Crippen LogP contribution is -2.50. The Hall–Kier alpha value is -1.69. The third-order valence-electron chi connectivity index (χ3n) is 3.41. The summed E-state index contributed by atoms with van der Waals surface area (Å²) >= 11 is 0. The van der Waals surface area contributed by atoms with Crippen LogP contribution in [-0.4, -0.2) is 58.7 Å². The van der Waals surface area contributed by atoms with E-state index in [2.05, 4.69) is 19.8 Å². The van der Waals surface area contributed by atoms with Gasteiger partial charge in [0, 0.05) is 45.1 Å². The standard InChI is InChI=1S/C13H20N4O2/c1-13(2,11(18)19)10-16-6-8-17(9-7-16)12-14-4-3-5-15-12/h3-5H,6-10H2,1-2H3,(H,18,19). The normalized spacial score (nSPS) is 17.5. The Kier molecular flexibility index (Phi) is 3.99. The number of carboxylic acid groups (broad SMARTS) is 1. The van der Waals surface area contributed by atoms with Crippen LogP contribution < -0.4 is 4.90 Å². The number of carbonyl (C=O) groups is 1. The molecule has 19 heavy (non-hydrogen) atoms. The van der Waals surface area contributed by atoms with Crippen molar-refractivity contribution in [1.29, 1.82) is 0 Å². The van der Waals surface area contributed by atoms with Gasteiger partial charge in [-0.1, -0.05) is 0 Å². The molecule has 104 valence electrons. The summed E-state index contributed by atoms with van der Waals surface area (Å²) in [5.74, 6) is 0.000895. The third-order valence-corrected chi connectivity index (χ3v) is 3.41. The Morgan fingerprint density at radius 3 is 2.37 bits per heavy atom. The second-order valence-corrected chi connectivity index (χ2v) is 5.50. The minimum absolute atomic E-state index is 0.575. The van der Waals surface area contributed by atoms with Crippen molar-refractivity contribution < 1.29 is 9.90 Å². The molecule has 2 rings (SSSR count). The maximum Gasteiger partial charge on any atom is 0.310 e. The Morgan fingerprint density at radius 2 is 1.84 bits per heavy atom. The van der Waals surface area contributed by atoms with Crippen LogP contribution in [0.2, 0.25) is 0 Å². The number of hydrogen-bond acceptors (Lipinski definition) is 5. The highest BCUT2D eigenvalue weighted by Crippen LogP contribution is 2.19. The summed E-state index contributed by atoms with van der Waals surface area (Å²) in [6, 6.07) is 1.80. The molecule has 0 radical (unpaired) electrons. The first-order valence-corrected chi connectivity index (χ1v) is 6.47. The number of aliphatic carboxylic acids is 1. The molecule has 1 aromatic rings. The molecule has 6 nitrogen and oxygen atoms in total. The largest absolute Gasteiger partial charge is 0.481 e. The van der Waals surface area contributed by atoms with Crippen molar-refractivity contribution in [3.8, 4) is 0 Å². The van der Waals surface area contributed by atoms with Crippen LogP contribution in [0.5, 0.6) is 0 Å². The summed E-state index contributed by atoms with van der Waals surface area (Å²) in [6.07, 6.45) is 3.48. The summed E-state index contributed by atoms with van der Waals surface area (Å²) in [5, 5.41) is 9.14. The van der Waals surface area contributed by atoms with Crippen LogP contribution in [0.3, 0.4) is 0 Å². The fourth-order valence-corrected chi connectivity index (χ4v) is 2.19. The van der Waals surface area contributed by atoms with Gasteiger partial charge in [-0.15, -0.1) is 0 Å². The van der Waals surface area contributed by atoms with Gasteiger partial charge in [-0.25, -0.2) is 9.97 Å². The molecule has 0 aliphatic carbocycles. The molecular formula is C13H20N4O2. The van der Waals surface area contributed by atoms with Gasteiger partial charge in [-0.05, 0) is 19.9 Å². The van der Waals surface area contributed by atoms with E-state index in [1.54, 1.807) is 32.3 Å². The monoisotopic (exact) mass is 264 g/mol. The fourth-order valence-electron chi connectivity index (χ4n) is 2.19. The second-order valence-electron chi connectivity index (χ2n) is 5.50.